The van der Waals surface area contributed by atoms with Crippen molar-refractivity contribution in [1.29, 1.82) is 0 Å². The third-order valence-electron chi connectivity index (χ3n) is 1.66. The van der Waals surface area contributed by atoms with Crippen LogP contribution in [-0.2, 0) is 0 Å². The van der Waals surface area contributed by atoms with Crippen molar-refractivity contribution in [2.24, 2.45) is 0 Å². The summed E-state index contributed by atoms with van der Waals surface area (Å²) in [6.45, 7) is 7.57. The Hall–Kier alpha value is -0.950. The molecule has 1 heteroatoms. The molecule has 0 saturated carbocycles. The highest BCUT2D eigenvalue weighted by Crippen LogP contribution is 2.30. The first-order chi connectivity index (χ1) is 6.33. The van der Waals surface area contributed by atoms with Crippen LogP contribution in [0.1, 0.15) is 12.8 Å². The molecular formula is C12H14S. The molecule has 0 aromatic carbocycles. The van der Waals surface area contributed by atoms with Gasteiger partial charge in [0.15, 0.2) is 0 Å². The van der Waals surface area contributed by atoms with Crippen LogP contribution < -0.4 is 0 Å². The van der Waals surface area contributed by atoms with Gasteiger partial charge in [-0.25, -0.2) is 0 Å². The zero-order chi connectivity index (χ0) is 9.52. The molecule has 0 bridgehead atoms. The summed E-state index contributed by atoms with van der Waals surface area (Å²) < 4.78 is 0. The Kier molecular flexibility index (Phi) is 4.41. The van der Waals surface area contributed by atoms with Crippen molar-refractivity contribution in [3.05, 3.63) is 59.4 Å². The predicted molar refractivity (Wildman–Crippen MR) is 62.5 cm³/mol. The average Bonchev–Trinajstić information content (AvgIpc) is 2.16. The molecule has 1 rings (SSSR count). The molecule has 13 heavy (non-hydrogen) atoms. The van der Waals surface area contributed by atoms with E-state index in [1.807, 2.05) is 12.2 Å². The summed E-state index contributed by atoms with van der Waals surface area (Å²) in [7, 11) is 0. The molecule has 0 heterocycles. The first kappa shape index (κ1) is 10.1. The quantitative estimate of drug-likeness (QED) is 0.598. The number of allylic oxidation sites excluding steroid dienone is 7. The average molecular weight is 190 g/mol. The van der Waals surface area contributed by atoms with Crippen LogP contribution in [-0.4, -0.2) is 0 Å². The van der Waals surface area contributed by atoms with Crippen LogP contribution in [0.25, 0.3) is 0 Å². The summed E-state index contributed by atoms with van der Waals surface area (Å²) in [6, 6.07) is 0. The maximum absolute atomic E-state index is 3.95. The van der Waals surface area contributed by atoms with E-state index in [0.29, 0.717) is 0 Å². The molecule has 0 aliphatic heterocycles. The van der Waals surface area contributed by atoms with Crippen LogP contribution in [0.5, 0.6) is 0 Å². The third-order valence-corrected chi connectivity index (χ3v) is 2.66. The van der Waals surface area contributed by atoms with Gasteiger partial charge < -0.3 is 0 Å². The minimum absolute atomic E-state index is 1.07. The van der Waals surface area contributed by atoms with Crippen LogP contribution >= 0.6 is 11.8 Å². The smallest absolute Gasteiger partial charge is 0.00467 e. The zero-order valence-electron chi connectivity index (χ0n) is 7.70. The minimum Gasteiger partial charge on any atom is -0.0991 e. The third kappa shape index (κ3) is 4.00. The molecule has 0 amide bonds. The maximum Gasteiger partial charge on any atom is 0.00467 e. The molecule has 0 unspecified atom stereocenters. The summed E-state index contributed by atoms with van der Waals surface area (Å²) in [5.41, 5.74) is 0. The number of hydrogen-bond acceptors (Lipinski definition) is 1. The Morgan fingerprint density at radius 3 is 3.00 bits per heavy atom. The molecule has 0 radical (unpaired) electrons. The highest BCUT2D eigenvalue weighted by atomic mass is 32.2. The molecule has 0 spiro atoms. The van der Waals surface area contributed by atoms with Gasteiger partial charge in [0.1, 0.15) is 0 Å². The first-order valence-electron chi connectivity index (χ1n) is 4.34. The fourth-order valence-electron chi connectivity index (χ4n) is 1.04. The Morgan fingerprint density at radius 2 is 2.38 bits per heavy atom. The van der Waals surface area contributed by atoms with E-state index in [9.17, 15) is 0 Å². The predicted octanol–water partition coefficient (Wildman–Crippen LogP) is 4.21. The molecule has 0 nitrogen and oxygen atoms in total. The van der Waals surface area contributed by atoms with Gasteiger partial charge in [-0.2, -0.15) is 0 Å². The largest absolute Gasteiger partial charge is 0.0991 e. The summed E-state index contributed by atoms with van der Waals surface area (Å²) >= 11 is 1.74. The molecule has 1 aliphatic carbocycles. The first-order valence-corrected chi connectivity index (χ1v) is 5.16. The second kappa shape index (κ2) is 5.65. The summed E-state index contributed by atoms with van der Waals surface area (Å²) in [6.07, 6.45) is 14.4. The van der Waals surface area contributed by atoms with E-state index in [1.54, 1.807) is 17.8 Å². The lowest BCUT2D eigenvalue weighted by molar-refractivity contribution is 1.02. The van der Waals surface area contributed by atoms with Gasteiger partial charge in [-0.1, -0.05) is 55.3 Å². The fraction of sp³-hybridized carbons (Fsp3) is 0.167. The lowest BCUT2D eigenvalue weighted by atomic mass is 10.2. The Labute approximate surface area is 84.4 Å². The van der Waals surface area contributed by atoms with Crippen molar-refractivity contribution < 1.29 is 0 Å². The van der Waals surface area contributed by atoms with Crippen molar-refractivity contribution in [1.82, 2.24) is 0 Å². The van der Waals surface area contributed by atoms with Gasteiger partial charge in [0, 0.05) is 4.91 Å². The van der Waals surface area contributed by atoms with Crippen LogP contribution in [0.4, 0.5) is 0 Å². The van der Waals surface area contributed by atoms with Crippen LogP contribution in [0.3, 0.4) is 0 Å². The molecule has 0 fully saturated rings. The number of thioether (sulfide) groups is 1. The summed E-state index contributed by atoms with van der Waals surface area (Å²) in [4.78, 5) is 2.46. The Morgan fingerprint density at radius 1 is 1.54 bits per heavy atom. The summed E-state index contributed by atoms with van der Waals surface area (Å²) in [5.74, 6) is 0. The highest BCUT2D eigenvalue weighted by Gasteiger charge is 2.00. The second-order valence-electron chi connectivity index (χ2n) is 2.76. The standard InChI is InChI=1S/C12H14S/c1-3-4-8-11(2)13-12-9-6-5-7-10-12/h3-6,8-9H,1-2,7,10H2/b8-4-. The van der Waals surface area contributed by atoms with Crippen molar-refractivity contribution in [2.75, 3.05) is 0 Å². The van der Waals surface area contributed by atoms with E-state index < -0.39 is 0 Å². The van der Waals surface area contributed by atoms with Gasteiger partial charge in [-0.3, -0.25) is 0 Å². The van der Waals surface area contributed by atoms with E-state index in [-0.39, 0.29) is 0 Å². The van der Waals surface area contributed by atoms with Crippen molar-refractivity contribution in [2.45, 2.75) is 12.8 Å². The van der Waals surface area contributed by atoms with Crippen LogP contribution in [0, 0.1) is 0 Å². The van der Waals surface area contributed by atoms with E-state index in [0.717, 1.165) is 17.7 Å². The van der Waals surface area contributed by atoms with Crippen molar-refractivity contribution in [3.8, 4) is 0 Å². The molecule has 0 saturated heterocycles. The van der Waals surface area contributed by atoms with Crippen LogP contribution in [0.15, 0.2) is 59.4 Å². The molecule has 68 valence electrons. The Balaban J connectivity index is 2.43. The topological polar surface area (TPSA) is 0 Å². The SMILES string of the molecule is C=C/C=C\C(=C)SC1=CC=CCC1. The molecular weight excluding hydrogens is 176 g/mol. The maximum atomic E-state index is 3.95. The molecule has 1 aliphatic rings. The lowest BCUT2D eigenvalue weighted by Crippen LogP contribution is -1.81. The summed E-state index contributed by atoms with van der Waals surface area (Å²) in [5, 5.41) is 0. The van der Waals surface area contributed by atoms with Crippen LogP contribution in [0.2, 0.25) is 0 Å². The van der Waals surface area contributed by atoms with Gasteiger partial charge in [0.25, 0.3) is 0 Å². The van der Waals surface area contributed by atoms with Gasteiger partial charge >= 0.3 is 0 Å². The second-order valence-corrected chi connectivity index (χ2v) is 4.02. The van der Waals surface area contributed by atoms with Crippen molar-refractivity contribution in [3.63, 3.8) is 0 Å². The molecule has 0 aromatic rings. The van der Waals surface area contributed by atoms with E-state index in [1.165, 1.54) is 4.91 Å². The van der Waals surface area contributed by atoms with Gasteiger partial charge in [0.05, 0.1) is 0 Å². The fourth-order valence-corrected chi connectivity index (χ4v) is 1.89. The van der Waals surface area contributed by atoms with Crippen molar-refractivity contribution >= 4 is 11.8 Å². The number of rotatable bonds is 4. The van der Waals surface area contributed by atoms with E-state index in [2.05, 4.69) is 31.4 Å². The molecule has 0 aromatic heterocycles. The zero-order valence-corrected chi connectivity index (χ0v) is 8.52. The normalized spacial score (nSPS) is 15.8. The van der Waals surface area contributed by atoms with E-state index >= 15 is 0 Å². The Bertz CT molecular complexity index is 279. The number of hydrogen-bond donors (Lipinski definition) is 0. The lowest BCUT2D eigenvalue weighted by Gasteiger charge is -2.07. The minimum atomic E-state index is 1.07. The van der Waals surface area contributed by atoms with Gasteiger partial charge in [-0.15, -0.1) is 0 Å². The highest BCUT2D eigenvalue weighted by molar-refractivity contribution is 8.06. The monoisotopic (exact) mass is 190 g/mol. The molecule has 0 N–H and O–H groups in total. The van der Waals surface area contributed by atoms with E-state index in [4.69, 9.17) is 0 Å². The molecule has 0 atom stereocenters. The van der Waals surface area contributed by atoms with Gasteiger partial charge in [-0.05, 0) is 23.8 Å². The van der Waals surface area contributed by atoms with Gasteiger partial charge in [0.2, 0.25) is 0 Å².